The topological polar surface area (TPSA) is 45.3 Å². The fraction of sp³-hybridized carbons (Fsp3) is 0.267. The minimum atomic E-state index is -0.130. The molecule has 0 aliphatic carbocycles. The summed E-state index contributed by atoms with van der Waals surface area (Å²) in [5.41, 5.74) is 3.42. The summed E-state index contributed by atoms with van der Waals surface area (Å²) in [6.07, 6.45) is 1.58. The number of aromatic amines is 1. The number of aromatic nitrogens is 1. The molecular formula is C15H15BrN2O2. The van der Waals surface area contributed by atoms with Crippen LogP contribution in [-0.2, 0) is 17.9 Å². The molecule has 2 aromatic rings. The molecule has 0 saturated heterocycles. The Labute approximate surface area is 125 Å². The van der Waals surface area contributed by atoms with Gasteiger partial charge in [-0.1, -0.05) is 24.3 Å². The number of hydrogen-bond donors (Lipinski definition) is 1. The molecule has 20 heavy (non-hydrogen) atoms. The van der Waals surface area contributed by atoms with Gasteiger partial charge < -0.3 is 4.98 Å². The maximum atomic E-state index is 11.3. The highest BCUT2D eigenvalue weighted by Crippen LogP contribution is 2.27. The van der Waals surface area contributed by atoms with Crippen molar-refractivity contribution in [3.05, 3.63) is 68.0 Å². The SMILES string of the molecule is CC(ON1Cc2ccccc2C1)c1c[nH]c(=O)c(Br)c1. The molecule has 1 aliphatic heterocycles. The summed E-state index contributed by atoms with van der Waals surface area (Å²) in [5, 5.41) is 1.95. The maximum absolute atomic E-state index is 11.3. The number of nitrogens with one attached hydrogen (secondary N) is 1. The third-order valence-corrected chi connectivity index (χ3v) is 4.06. The molecule has 0 fully saturated rings. The van der Waals surface area contributed by atoms with Crippen LogP contribution in [-0.4, -0.2) is 10.0 Å². The van der Waals surface area contributed by atoms with E-state index >= 15 is 0 Å². The van der Waals surface area contributed by atoms with Crippen molar-refractivity contribution >= 4 is 15.9 Å². The van der Waals surface area contributed by atoms with Crippen LogP contribution in [0.1, 0.15) is 29.7 Å². The molecule has 0 radical (unpaired) electrons. The molecule has 0 bridgehead atoms. The molecule has 2 heterocycles. The van der Waals surface area contributed by atoms with Crippen LogP contribution in [0.15, 0.2) is 45.8 Å². The van der Waals surface area contributed by atoms with E-state index in [9.17, 15) is 4.79 Å². The fourth-order valence-electron chi connectivity index (χ4n) is 2.37. The highest BCUT2D eigenvalue weighted by molar-refractivity contribution is 9.10. The Hall–Kier alpha value is -1.43. The summed E-state index contributed by atoms with van der Waals surface area (Å²) in [4.78, 5) is 20.0. The summed E-state index contributed by atoms with van der Waals surface area (Å²) >= 11 is 3.24. The smallest absolute Gasteiger partial charge is 0.262 e. The van der Waals surface area contributed by atoms with Crippen LogP contribution in [0, 0.1) is 0 Å². The van der Waals surface area contributed by atoms with E-state index in [4.69, 9.17) is 4.84 Å². The van der Waals surface area contributed by atoms with E-state index in [1.807, 2.05) is 24.1 Å². The second-order valence-electron chi connectivity index (χ2n) is 4.92. The maximum Gasteiger partial charge on any atom is 0.262 e. The van der Waals surface area contributed by atoms with Gasteiger partial charge in [-0.05, 0) is 45.6 Å². The summed E-state index contributed by atoms with van der Waals surface area (Å²) in [7, 11) is 0. The molecule has 1 aliphatic rings. The number of hydrogen-bond acceptors (Lipinski definition) is 3. The van der Waals surface area contributed by atoms with Gasteiger partial charge in [0, 0.05) is 19.3 Å². The Bertz CT molecular complexity index is 659. The van der Waals surface area contributed by atoms with E-state index in [1.165, 1.54) is 11.1 Å². The molecule has 4 nitrogen and oxygen atoms in total. The first-order chi connectivity index (χ1) is 9.63. The summed E-state index contributed by atoms with van der Waals surface area (Å²) in [5.74, 6) is 0. The predicted molar refractivity (Wildman–Crippen MR) is 80.0 cm³/mol. The third kappa shape index (κ3) is 2.70. The van der Waals surface area contributed by atoms with Gasteiger partial charge in [0.1, 0.15) is 6.10 Å². The van der Waals surface area contributed by atoms with Crippen molar-refractivity contribution < 1.29 is 4.84 Å². The van der Waals surface area contributed by atoms with Crippen molar-refractivity contribution in [2.75, 3.05) is 0 Å². The molecule has 1 atom stereocenters. The molecule has 0 amide bonds. The molecule has 0 spiro atoms. The summed E-state index contributed by atoms with van der Waals surface area (Å²) in [6.45, 7) is 3.57. The Morgan fingerprint density at radius 1 is 1.30 bits per heavy atom. The summed E-state index contributed by atoms with van der Waals surface area (Å²) in [6, 6.07) is 10.1. The van der Waals surface area contributed by atoms with Crippen molar-refractivity contribution in [2.24, 2.45) is 0 Å². The first-order valence-electron chi connectivity index (χ1n) is 6.50. The van der Waals surface area contributed by atoms with E-state index in [1.54, 1.807) is 12.3 Å². The van der Waals surface area contributed by atoms with Crippen LogP contribution in [0.3, 0.4) is 0 Å². The normalized spacial score (nSPS) is 16.1. The van der Waals surface area contributed by atoms with Crippen molar-refractivity contribution in [3.63, 3.8) is 0 Å². The number of nitrogens with zero attached hydrogens (tertiary/aromatic N) is 1. The Morgan fingerprint density at radius 3 is 2.55 bits per heavy atom. The van der Waals surface area contributed by atoms with Gasteiger partial charge in [0.15, 0.2) is 0 Å². The summed E-state index contributed by atoms with van der Waals surface area (Å²) < 4.78 is 0.523. The van der Waals surface area contributed by atoms with Crippen LogP contribution >= 0.6 is 15.9 Å². The average Bonchev–Trinajstić information content (AvgIpc) is 2.83. The van der Waals surface area contributed by atoms with Crippen molar-refractivity contribution in [2.45, 2.75) is 26.1 Å². The van der Waals surface area contributed by atoms with Crippen LogP contribution in [0.5, 0.6) is 0 Å². The Kier molecular flexibility index (Phi) is 3.74. The highest BCUT2D eigenvalue weighted by atomic mass is 79.9. The Morgan fingerprint density at radius 2 is 1.95 bits per heavy atom. The Balaban J connectivity index is 1.70. The van der Waals surface area contributed by atoms with E-state index in [-0.39, 0.29) is 11.7 Å². The van der Waals surface area contributed by atoms with E-state index in [2.05, 4.69) is 33.0 Å². The lowest BCUT2D eigenvalue weighted by Gasteiger charge is -2.21. The van der Waals surface area contributed by atoms with Gasteiger partial charge in [0.05, 0.1) is 4.47 Å². The molecule has 0 saturated carbocycles. The molecule has 104 valence electrons. The minimum absolute atomic E-state index is 0.113. The van der Waals surface area contributed by atoms with Crippen molar-refractivity contribution in [1.29, 1.82) is 0 Å². The zero-order chi connectivity index (χ0) is 14.1. The van der Waals surface area contributed by atoms with Gasteiger partial charge in [0.25, 0.3) is 5.56 Å². The number of benzene rings is 1. The van der Waals surface area contributed by atoms with Crippen LogP contribution in [0.2, 0.25) is 0 Å². The lowest BCUT2D eigenvalue weighted by Crippen LogP contribution is -2.20. The lowest BCUT2D eigenvalue weighted by molar-refractivity contribution is -0.202. The monoisotopic (exact) mass is 334 g/mol. The van der Waals surface area contributed by atoms with Gasteiger partial charge in [0.2, 0.25) is 0 Å². The minimum Gasteiger partial charge on any atom is -0.328 e. The zero-order valence-electron chi connectivity index (χ0n) is 11.1. The van der Waals surface area contributed by atoms with Crippen molar-refractivity contribution in [3.8, 4) is 0 Å². The van der Waals surface area contributed by atoms with Gasteiger partial charge in [-0.3, -0.25) is 9.63 Å². The van der Waals surface area contributed by atoms with Gasteiger partial charge in [-0.25, -0.2) is 0 Å². The molecule has 1 unspecified atom stereocenters. The van der Waals surface area contributed by atoms with Crippen LogP contribution < -0.4 is 5.56 Å². The van der Waals surface area contributed by atoms with Gasteiger partial charge in [-0.2, -0.15) is 5.06 Å². The van der Waals surface area contributed by atoms with Gasteiger partial charge in [-0.15, -0.1) is 0 Å². The first kappa shape index (κ1) is 13.5. The molecule has 1 aromatic heterocycles. The molecular weight excluding hydrogens is 320 g/mol. The molecule has 3 rings (SSSR count). The van der Waals surface area contributed by atoms with Crippen molar-refractivity contribution in [1.82, 2.24) is 10.0 Å². The number of H-pyrrole nitrogens is 1. The van der Waals surface area contributed by atoms with Crippen LogP contribution in [0.25, 0.3) is 0 Å². The standard InChI is InChI=1S/C15H15BrN2O2/c1-10(13-6-14(16)15(19)17-7-13)20-18-8-11-4-2-3-5-12(11)9-18/h2-7,10H,8-9H2,1H3,(H,17,19). The number of halogens is 1. The number of fused-ring (bicyclic) bond motifs is 1. The second-order valence-corrected chi connectivity index (χ2v) is 5.78. The van der Waals surface area contributed by atoms with Gasteiger partial charge >= 0.3 is 0 Å². The van der Waals surface area contributed by atoms with Crippen LogP contribution in [0.4, 0.5) is 0 Å². The number of rotatable bonds is 3. The first-order valence-corrected chi connectivity index (χ1v) is 7.29. The van der Waals surface area contributed by atoms with E-state index in [0.717, 1.165) is 18.7 Å². The highest BCUT2D eigenvalue weighted by Gasteiger charge is 2.21. The molecule has 1 aromatic carbocycles. The largest absolute Gasteiger partial charge is 0.328 e. The molecule has 5 heteroatoms. The number of hydroxylamine groups is 2. The third-order valence-electron chi connectivity index (χ3n) is 3.47. The average molecular weight is 335 g/mol. The quantitative estimate of drug-likeness (QED) is 0.937. The lowest BCUT2D eigenvalue weighted by atomic mass is 10.1. The number of pyridine rings is 1. The zero-order valence-corrected chi connectivity index (χ0v) is 12.7. The van der Waals surface area contributed by atoms with E-state index in [0.29, 0.717) is 4.47 Å². The molecule has 1 N–H and O–H groups in total. The van der Waals surface area contributed by atoms with E-state index < -0.39 is 0 Å². The fourth-order valence-corrected chi connectivity index (χ4v) is 2.75. The predicted octanol–water partition coefficient (Wildman–Crippen LogP) is 3.15. The second kappa shape index (κ2) is 5.52.